The molecule has 1 aliphatic rings. The first-order valence-corrected chi connectivity index (χ1v) is 4.38. The molecule has 0 spiro atoms. The van der Waals surface area contributed by atoms with Crippen molar-refractivity contribution in [2.75, 3.05) is 21.3 Å². The van der Waals surface area contributed by atoms with Crippen LogP contribution in [0.25, 0.3) is 0 Å². The third kappa shape index (κ3) is 1.69. The monoisotopic (exact) mass is 188 g/mol. The van der Waals surface area contributed by atoms with Crippen LogP contribution in [0.15, 0.2) is 0 Å². The fourth-order valence-electron chi connectivity index (χ4n) is 1.96. The van der Waals surface area contributed by atoms with Gasteiger partial charge in [-0.05, 0) is 12.8 Å². The van der Waals surface area contributed by atoms with Gasteiger partial charge in [-0.1, -0.05) is 0 Å². The van der Waals surface area contributed by atoms with Crippen LogP contribution >= 0.6 is 0 Å². The highest BCUT2D eigenvalue weighted by Gasteiger charge is 2.48. The largest absolute Gasteiger partial charge is 0.469 e. The maximum absolute atomic E-state index is 11.4. The van der Waals surface area contributed by atoms with Gasteiger partial charge in [-0.2, -0.15) is 0 Å². The van der Waals surface area contributed by atoms with Crippen molar-refractivity contribution in [3.63, 3.8) is 0 Å². The van der Waals surface area contributed by atoms with Gasteiger partial charge in [0, 0.05) is 20.6 Å². The van der Waals surface area contributed by atoms with Gasteiger partial charge in [0.05, 0.1) is 7.11 Å². The summed E-state index contributed by atoms with van der Waals surface area (Å²) in [5, 5.41) is 0. The lowest BCUT2D eigenvalue weighted by Crippen LogP contribution is -2.42. The first-order chi connectivity index (χ1) is 6.20. The molecule has 0 aromatic carbocycles. The number of methoxy groups -OCH3 is 3. The molecule has 0 aromatic heterocycles. The summed E-state index contributed by atoms with van der Waals surface area (Å²) in [6, 6.07) is 0. The van der Waals surface area contributed by atoms with E-state index >= 15 is 0 Å². The van der Waals surface area contributed by atoms with Crippen molar-refractivity contribution in [1.82, 2.24) is 0 Å². The maximum atomic E-state index is 11.4. The Balaban J connectivity index is 2.77. The Labute approximate surface area is 78.2 Å². The summed E-state index contributed by atoms with van der Waals surface area (Å²) < 4.78 is 15.2. The number of hydrogen-bond acceptors (Lipinski definition) is 4. The van der Waals surface area contributed by atoms with E-state index in [-0.39, 0.29) is 11.9 Å². The molecule has 1 rings (SSSR count). The highest BCUT2D eigenvalue weighted by molar-refractivity contribution is 5.73. The van der Waals surface area contributed by atoms with Crippen LogP contribution in [0.4, 0.5) is 0 Å². The quantitative estimate of drug-likeness (QED) is 0.488. The Morgan fingerprint density at radius 3 is 2.38 bits per heavy atom. The van der Waals surface area contributed by atoms with Crippen LogP contribution in [0.1, 0.15) is 19.3 Å². The maximum Gasteiger partial charge on any atom is 0.314 e. The summed E-state index contributed by atoms with van der Waals surface area (Å²) in [5.74, 6) is -1.29. The lowest BCUT2D eigenvalue weighted by Gasteiger charge is -2.30. The molecule has 0 aliphatic heterocycles. The minimum absolute atomic E-state index is 0.249. The average molecular weight is 188 g/mol. The van der Waals surface area contributed by atoms with Gasteiger partial charge in [-0.15, -0.1) is 0 Å². The molecule has 0 heterocycles. The Hall–Kier alpha value is -0.610. The fraction of sp³-hybridized carbons (Fsp3) is 0.889. The van der Waals surface area contributed by atoms with Gasteiger partial charge in [0.15, 0.2) is 5.79 Å². The molecule has 4 heteroatoms. The molecule has 0 N–H and O–H groups in total. The summed E-state index contributed by atoms with van der Waals surface area (Å²) >= 11 is 0. The number of carbonyl (C=O) groups is 1. The van der Waals surface area contributed by atoms with Gasteiger partial charge in [-0.3, -0.25) is 4.79 Å². The predicted octanol–water partition coefficient (Wildman–Crippen LogP) is 0.949. The summed E-state index contributed by atoms with van der Waals surface area (Å²) in [6.45, 7) is 0. The number of rotatable bonds is 3. The molecule has 1 aliphatic carbocycles. The van der Waals surface area contributed by atoms with Crippen LogP contribution in [0, 0.1) is 5.92 Å². The second kappa shape index (κ2) is 4.07. The van der Waals surface area contributed by atoms with Crippen molar-refractivity contribution in [3.8, 4) is 0 Å². The predicted molar refractivity (Wildman–Crippen MR) is 46.1 cm³/mol. The lowest BCUT2D eigenvalue weighted by atomic mass is 10.0. The van der Waals surface area contributed by atoms with E-state index in [0.717, 1.165) is 19.3 Å². The third-order valence-corrected chi connectivity index (χ3v) is 2.73. The van der Waals surface area contributed by atoms with Crippen molar-refractivity contribution in [1.29, 1.82) is 0 Å². The van der Waals surface area contributed by atoms with Gasteiger partial charge in [0.1, 0.15) is 5.92 Å². The molecule has 0 amide bonds. The van der Waals surface area contributed by atoms with Crippen LogP contribution in [0.2, 0.25) is 0 Å². The molecular formula is C9H16O4. The van der Waals surface area contributed by atoms with Crippen LogP contribution < -0.4 is 0 Å². The molecule has 76 valence electrons. The Morgan fingerprint density at radius 1 is 1.31 bits per heavy atom. The molecule has 0 saturated heterocycles. The molecular weight excluding hydrogens is 172 g/mol. The van der Waals surface area contributed by atoms with Crippen molar-refractivity contribution < 1.29 is 19.0 Å². The van der Waals surface area contributed by atoms with E-state index < -0.39 is 5.79 Å². The zero-order chi connectivity index (χ0) is 9.90. The first kappa shape index (κ1) is 10.5. The normalized spacial score (nSPS) is 25.9. The third-order valence-electron chi connectivity index (χ3n) is 2.73. The zero-order valence-electron chi connectivity index (χ0n) is 8.33. The van der Waals surface area contributed by atoms with E-state index in [1.807, 2.05) is 0 Å². The second-order valence-electron chi connectivity index (χ2n) is 3.19. The van der Waals surface area contributed by atoms with E-state index in [9.17, 15) is 4.79 Å². The van der Waals surface area contributed by atoms with Gasteiger partial charge in [-0.25, -0.2) is 0 Å². The Morgan fingerprint density at radius 2 is 1.92 bits per heavy atom. The number of carbonyl (C=O) groups excluding carboxylic acids is 1. The average Bonchev–Trinajstić information content (AvgIpc) is 2.60. The molecule has 0 aromatic rings. The van der Waals surface area contributed by atoms with E-state index in [2.05, 4.69) is 0 Å². The number of hydrogen-bond donors (Lipinski definition) is 0. The van der Waals surface area contributed by atoms with Crippen molar-refractivity contribution in [2.45, 2.75) is 25.0 Å². The van der Waals surface area contributed by atoms with Crippen molar-refractivity contribution >= 4 is 5.97 Å². The molecule has 0 radical (unpaired) electrons. The van der Waals surface area contributed by atoms with Gasteiger partial charge < -0.3 is 14.2 Å². The van der Waals surface area contributed by atoms with E-state index in [4.69, 9.17) is 14.2 Å². The Kier molecular flexibility index (Phi) is 3.27. The van der Waals surface area contributed by atoms with E-state index in [1.165, 1.54) is 7.11 Å². The molecule has 1 unspecified atom stereocenters. The lowest BCUT2D eigenvalue weighted by molar-refractivity contribution is -0.231. The molecule has 0 bridgehead atoms. The molecule has 13 heavy (non-hydrogen) atoms. The van der Waals surface area contributed by atoms with Crippen LogP contribution in [0.3, 0.4) is 0 Å². The van der Waals surface area contributed by atoms with Crippen LogP contribution in [-0.2, 0) is 19.0 Å². The second-order valence-corrected chi connectivity index (χ2v) is 3.19. The summed E-state index contributed by atoms with van der Waals surface area (Å²) in [5.41, 5.74) is 0. The topological polar surface area (TPSA) is 44.8 Å². The van der Waals surface area contributed by atoms with Crippen molar-refractivity contribution in [2.24, 2.45) is 5.92 Å². The van der Waals surface area contributed by atoms with Crippen LogP contribution in [0.5, 0.6) is 0 Å². The Bertz CT molecular complexity index is 186. The van der Waals surface area contributed by atoms with Gasteiger partial charge in [0.2, 0.25) is 0 Å². The SMILES string of the molecule is COC(=O)C1CCCC1(OC)OC. The summed E-state index contributed by atoms with van der Waals surface area (Å²) in [6.07, 6.45) is 2.45. The van der Waals surface area contributed by atoms with Crippen LogP contribution in [-0.4, -0.2) is 33.1 Å². The molecule has 1 atom stereocenters. The summed E-state index contributed by atoms with van der Waals surface area (Å²) in [4.78, 5) is 11.4. The minimum Gasteiger partial charge on any atom is -0.469 e. The minimum atomic E-state index is -0.757. The van der Waals surface area contributed by atoms with Crippen molar-refractivity contribution in [3.05, 3.63) is 0 Å². The number of ether oxygens (including phenoxy) is 3. The van der Waals surface area contributed by atoms with Gasteiger partial charge >= 0.3 is 5.97 Å². The van der Waals surface area contributed by atoms with E-state index in [1.54, 1.807) is 14.2 Å². The highest BCUT2D eigenvalue weighted by atomic mass is 16.7. The molecule has 1 saturated carbocycles. The number of esters is 1. The first-order valence-electron chi connectivity index (χ1n) is 4.38. The summed E-state index contributed by atoms with van der Waals surface area (Å²) in [7, 11) is 4.51. The smallest absolute Gasteiger partial charge is 0.314 e. The van der Waals surface area contributed by atoms with E-state index in [0.29, 0.717) is 0 Å². The standard InChI is InChI=1S/C9H16O4/c1-11-8(10)7-5-4-6-9(7,12-2)13-3/h7H,4-6H2,1-3H3. The van der Waals surface area contributed by atoms with Gasteiger partial charge in [0.25, 0.3) is 0 Å². The molecule has 1 fully saturated rings. The molecule has 4 nitrogen and oxygen atoms in total. The highest BCUT2D eigenvalue weighted by Crippen LogP contribution is 2.39. The fourth-order valence-corrected chi connectivity index (χ4v) is 1.96. The zero-order valence-corrected chi connectivity index (χ0v) is 8.33.